The van der Waals surface area contributed by atoms with E-state index < -0.39 is 86.8 Å². The zero-order valence-corrected chi connectivity index (χ0v) is 65.0. The van der Waals surface area contributed by atoms with Crippen LogP contribution in [0.4, 0.5) is 0 Å². The summed E-state index contributed by atoms with van der Waals surface area (Å²) in [4.78, 5) is 13.4. The Morgan fingerprint density at radius 3 is 1.07 bits per heavy atom. The van der Waals surface area contributed by atoms with Crippen molar-refractivity contribution in [1.82, 2.24) is 5.32 Å². The Morgan fingerprint density at radius 2 is 0.680 bits per heavy atom. The van der Waals surface area contributed by atoms with Gasteiger partial charge in [-0.25, -0.2) is 0 Å². The molecule has 2 saturated heterocycles. The van der Waals surface area contributed by atoms with Crippen molar-refractivity contribution in [3.05, 3.63) is 134 Å². The Labute approximate surface area is 628 Å². The van der Waals surface area contributed by atoms with E-state index in [1.54, 1.807) is 6.08 Å². The molecule has 2 aliphatic heterocycles. The van der Waals surface area contributed by atoms with Crippen LogP contribution in [0.1, 0.15) is 328 Å². The van der Waals surface area contributed by atoms with Gasteiger partial charge in [0.05, 0.1) is 32.0 Å². The summed E-state index contributed by atoms with van der Waals surface area (Å²) >= 11 is 0. The zero-order valence-electron chi connectivity index (χ0n) is 65.0. The van der Waals surface area contributed by atoms with Crippen molar-refractivity contribution in [3.63, 3.8) is 0 Å². The predicted octanol–water partition coefficient (Wildman–Crippen LogP) is 19.7. The van der Waals surface area contributed by atoms with Crippen LogP contribution in [-0.4, -0.2) is 140 Å². The number of unbranched alkanes of at least 4 members (excludes halogenated alkanes) is 36. The van der Waals surface area contributed by atoms with Gasteiger partial charge in [-0.1, -0.05) is 353 Å². The Kier molecular flexibility index (Phi) is 65.7. The molecule has 12 atom stereocenters. The molecule has 0 aromatic rings. The summed E-state index contributed by atoms with van der Waals surface area (Å²) in [5, 5.41) is 87.7. The minimum Gasteiger partial charge on any atom is -0.394 e. The predicted molar refractivity (Wildman–Crippen MR) is 428 cm³/mol. The van der Waals surface area contributed by atoms with Gasteiger partial charge in [0.1, 0.15) is 48.8 Å². The molecule has 103 heavy (non-hydrogen) atoms. The van der Waals surface area contributed by atoms with Crippen LogP contribution in [0.15, 0.2) is 134 Å². The quantitative estimate of drug-likeness (QED) is 0.0204. The fourth-order valence-corrected chi connectivity index (χ4v) is 13.0. The van der Waals surface area contributed by atoms with Gasteiger partial charge in [-0.2, -0.15) is 0 Å². The Bertz CT molecular complexity index is 2250. The standard InChI is InChI=1S/C89H153NO13/c1-3-5-7-9-11-13-15-17-19-21-23-25-27-29-31-33-34-35-36-37-38-39-40-41-42-43-44-45-47-49-51-53-55-57-59-61-63-65-67-69-71-73-81(94)90-77(76-100-88-86(99)84(97)87(80(75-92)102-88)103-89-85(98)83(96)82(95)79(74-91)101-89)78(93)72-70-68-66-64-62-60-58-56-54-52-50-48-46-32-30-28-26-24-22-20-18-16-14-12-10-8-6-4-2/h5,7,11,13,17,19,23,25,29,31,34-35,37-38,40-41,43-44,62,64,70,72,77-80,82-89,91-93,95-99H,3-4,6,8-10,12,14-16,18,20-22,24,26-28,30,32-33,36,39,42,45-61,63,65-69,71,73-76H2,1-2H3,(H,90,94)/b7-5-,13-11-,19-17-,25-23-,31-29-,35-34-,38-37-,41-40-,44-43-,64-62+,72-70+. The lowest BCUT2D eigenvalue weighted by Gasteiger charge is -2.46. The lowest BCUT2D eigenvalue weighted by molar-refractivity contribution is -0.359. The van der Waals surface area contributed by atoms with Crippen LogP contribution < -0.4 is 5.32 Å². The van der Waals surface area contributed by atoms with Crippen molar-refractivity contribution in [2.45, 2.75) is 402 Å². The summed E-state index contributed by atoms with van der Waals surface area (Å²) < 4.78 is 22.9. The normalized spacial score (nSPS) is 22.3. The summed E-state index contributed by atoms with van der Waals surface area (Å²) in [5.41, 5.74) is 0. The first-order chi connectivity index (χ1) is 50.6. The van der Waals surface area contributed by atoms with E-state index in [-0.39, 0.29) is 18.9 Å². The highest BCUT2D eigenvalue weighted by Gasteiger charge is 2.51. The molecule has 0 radical (unpaired) electrons. The molecule has 0 saturated carbocycles. The first kappa shape index (κ1) is 95.2. The molecule has 2 heterocycles. The van der Waals surface area contributed by atoms with Crippen molar-refractivity contribution >= 4 is 5.91 Å². The molecule has 14 heteroatoms. The molecule has 14 nitrogen and oxygen atoms in total. The van der Waals surface area contributed by atoms with E-state index >= 15 is 0 Å². The van der Waals surface area contributed by atoms with E-state index in [1.807, 2.05) is 6.08 Å². The molecule has 0 aromatic carbocycles. The van der Waals surface area contributed by atoms with Crippen molar-refractivity contribution in [3.8, 4) is 0 Å². The van der Waals surface area contributed by atoms with Gasteiger partial charge in [0.15, 0.2) is 12.6 Å². The van der Waals surface area contributed by atoms with Crippen molar-refractivity contribution in [1.29, 1.82) is 0 Å². The van der Waals surface area contributed by atoms with Crippen molar-refractivity contribution < 1.29 is 64.6 Å². The maximum atomic E-state index is 13.4. The van der Waals surface area contributed by atoms with Crippen LogP contribution >= 0.6 is 0 Å². The molecule has 2 fully saturated rings. The molecule has 592 valence electrons. The minimum atomic E-state index is -1.80. The highest BCUT2D eigenvalue weighted by Crippen LogP contribution is 2.30. The molecule has 12 unspecified atom stereocenters. The third-order valence-corrected chi connectivity index (χ3v) is 19.6. The minimum absolute atomic E-state index is 0.251. The molecule has 1 amide bonds. The number of carbonyl (C=O) groups is 1. The van der Waals surface area contributed by atoms with Crippen LogP contribution in [0.5, 0.6) is 0 Å². The average Bonchev–Trinajstić information content (AvgIpc) is 0.791. The summed E-state index contributed by atoms with van der Waals surface area (Å²) in [5.74, 6) is -0.251. The number of nitrogens with one attached hydrogen (secondary N) is 1. The number of aliphatic hydroxyl groups excluding tert-OH is 8. The van der Waals surface area contributed by atoms with E-state index in [1.165, 1.54) is 199 Å². The van der Waals surface area contributed by atoms with Gasteiger partial charge in [0.2, 0.25) is 5.91 Å². The summed E-state index contributed by atoms with van der Waals surface area (Å²) in [6.45, 7) is 2.70. The molecular weight excluding hydrogens is 1290 g/mol. The van der Waals surface area contributed by atoms with Gasteiger partial charge in [-0.05, 0) is 103 Å². The number of hydrogen-bond donors (Lipinski definition) is 9. The van der Waals surface area contributed by atoms with Gasteiger partial charge in [0.25, 0.3) is 0 Å². The fourth-order valence-electron chi connectivity index (χ4n) is 13.0. The molecular formula is C89H153NO13. The highest BCUT2D eigenvalue weighted by atomic mass is 16.7. The van der Waals surface area contributed by atoms with Crippen LogP contribution in [0.25, 0.3) is 0 Å². The van der Waals surface area contributed by atoms with E-state index in [2.05, 4.69) is 141 Å². The molecule has 2 rings (SSSR count). The van der Waals surface area contributed by atoms with Gasteiger partial charge in [-0.15, -0.1) is 0 Å². The lowest BCUT2D eigenvalue weighted by atomic mass is 9.97. The fraction of sp³-hybridized carbons (Fsp3) is 0.742. The number of allylic oxidation sites excluding steroid dienone is 21. The lowest BCUT2D eigenvalue weighted by Crippen LogP contribution is -2.65. The second-order valence-corrected chi connectivity index (χ2v) is 28.9. The Balaban J connectivity index is 1.61. The summed E-state index contributed by atoms with van der Waals surface area (Å²) in [6, 6.07) is -0.942. The zero-order chi connectivity index (χ0) is 74.4. The monoisotopic (exact) mass is 1440 g/mol. The third-order valence-electron chi connectivity index (χ3n) is 19.6. The van der Waals surface area contributed by atoms with E-state index in [0.29, 0.717) is 12.8 Å². The molecule has 2 aliphatic rings. The maximum absolute atomic E-state index is 13.4. The number of rotatable bonds is 69. The van der Waals surface area contributed by atoms with E-state index in [4.69, 9.17) is 18.9 Å². The SMILES string of the molecule is CC/C=C\C/C=C\C/C=C\C/C=C\C/C=C\C/C=C\C/C=C\C/C=C\C/C=C\CCCCCCCCCCCCCCCC(=O)NC(COC1OC(CO)C(OC2OC(CO)C(O)C(O)C2O)C(O)C1O)C(O)/C=C/CC/C=C/CCCCCCCCCCCCCCCCCCCCCCCC. The van der Waals surface area contributed by atoms with Crippen LogP contribution in [0, 0.1) is 0 Å². The topological polar surface area (TPSA) is 228 Å². The van der Waals surface area contributed by atoms with Crippen LogP contribution in [-0.2, 0) is 23.7 Å². The molecule has 9 N–H and O–H groups in total. The second kappa shape index (κ2) is 71.1. The number of carbonyl (C=O) groups excluding carboxylic acids is 1. The average molecular weight is 1450 g/mol. The molecule has 0 aromatic heterocycles. The van der Waals surface area contributed by atoms with Crippen LogP contribution in [0.2, 0.25) is 0 Å². The first-order valence-corrected chi connectivity index (χ1v) is 41.9. The second-order valence-electron chi connectivity index (χ2n) is 28.9. The Hall–Kier alpha value is -3.87. The van der Waals surface area contributed by atoms with Gasteiger partial charge < -0.3 is 65.1 Å². The number of amides is 1. The smallest absolute Gasteiger partial charge is 0.220 e. The van der Waals surface area contributed by atoms with Gasteiger partial charge in [0, 0.05) is 6.42 Å². The summed E-state index contributed by atoms with van der Waals surface area (Å²) in [7, 11) is 0. The molecule has 0 aliphatic carbocycles. The molecule has 0 spiro atoms. The number of aliphatic hydroxyl groups is 8. The summed E-state index contributed by atoms with van der Waals surface area (Å²) in [6.07, 6.45) is 89.6. The molecule has 0 bridgehead atoms. The number of ether oxygens (including phenoxy) is 4. The first-order valence-electron chi connectivity index (χ1n) is 41.9. The Morgan fingerprint density at radius 1 is 0.359 bits per heavy atom. The van der Waals surface area contributed by atoms with Gasteiger partial charge in [-0.3, -0.25) is 4.79 Å². The van der Waals surface area contributed by atoms with Crippen molar-refractivity contribution in [2.24, 2.45) is 0 Å². The van der Waals surface area contributed by atoms with Crippen molar-refractivity contribution in [2.75, 3.05) is 19.8 Å². The maximum Gasteiger partial charge on any atom is 0.220 e. The van der Waals surface area contributed by atoms with Gasteiger partial charge >= 0.3 is 0 Å². The van der Waals surface area contributed by atoms with Crippen LogP contribution in [0.3, 0.4) is 0 Å². The third kappa shape index (κ3) is 53.6. The number of hydrogen-bond acceptors (Lipinski definition) is 13. The van der Waals surface area contributed by atoms with E-state index in [0.717, 1.165) is 96.3 Å². The van der Waals surface area contributed by atoms with E-state index in [9.17, 15) is 45.6 Å². The highest BCUT2D eigenvalue weighted by molar-refractivity contribution is 5.76. The largest absolute Gasteiger partial charge is 0.394 e.